The minimum absolute atomic E-state index is 0.361. The number of aryl methyl sites for hydroxylation is 2. The fourth-order valence-electron chi connectivity index (χ4n) is 1.88. The first kappa shape index (κ1) is 13.6. The van der Waals surface area contributed by atoms with Crippen molar-refractivity contribution in [3.05, 3.63) is 58.8 Å². The van der Waals surface area contributed by atoms with Gasteiger partial charge in [0.1, 0.15) is 0 Å². The van der Waals surface area contributed by atoms with Crippen LogP contribution in [0.1, 0.15) is 27.2 Å². The molecule has 4 heteroatoms. The number of carboxylic acids is 1. The zero-order chi connectivity index (χ0) is 13.8. The third-order valence-electron chi connectivity index (χ3n) is 2.70. The zero-order valence-electron chi connectivity index (χ0n) is 10.9. The van der Waals surface area contributed by atoms with Gasteiger partial charge in [-0.1, -0.05) is 18.2 Å². The van der Waals surface area contributed by atoms with Gasteiger partial charge >= 0.3 is 5.97 Å². The summed E-state index contributed by atoms with van der Waals surface area (Å²) in [6.45, 7) is 3.99. The van der Waals surface area contributed by atoms with Crippen molar-refractivity contribution in [2.45, 2.75) is 24.6 Å². The molecule has 0 unspecified atom stereocenters. The molecule has 0 saturated carbocycles. The lowest BCUT2D eigenvalue weighted by Crippen LogP contribution is -2.01. The average Bonchev–Trinajstić information content (AvgIpc) is 2.35. The molecule has 19 heavy (non-hydrogen) atoms. The van der Waals surface area contributed by atoms with Gasteiger partial charge in [-0.15, -0.1) is 11.8 Å². The first-order valence-corrected chi connectivity index (χ1v) is 6.94. The van der Waals surface area contributed by atoms with Gasteiger partial charge in [0.2, 0.25) is 0 Å². The number of aromatic nitrogens is 1. The molecule has 0 atom stereocenters. The minimum Gasteiger partial charge on any atom is -0.478 e. The number of hydrogen-bond acceptors (Lipinski definition) is 3. The van der Waals surface area contributed by atoms with Gasteiger partial charge in [-0.05, 0) is 43.2 Å². The number of benzene rings is 1. The van der Waals surface area contributed by atoms with Crippen LogP contribution in [0.4, 0.5) is 0 Å². The Morgan fingerprint density at radius 2 is 2.00 bits per heavy atom. The number of aromatic carboxylic acids is 1. The predicted octanol–water partition coefficient (Wildman–Crippen LogP) is 3.69. The van der Waals surface area contributed by atoms with Crippen molar-refractivity contribution in [1.82, 2.24) is 4.98 Å². The highest BCUT2D eigenvalue weighted by atomic mass is 32.2. The van der Waals surface area contributed by atoms with Crippen molar-refractivity contribution < 1.29 is 9.90 Å². The molecule has 98 valence electrons. The summed E-state index contributed by atoms with van der Waals surface area (Å²) in [5, 5.41) is 10.1. The first-order valence-electron chi connectivity index (χ1n) is 5.95. The second-order valence-corrected chi connectivity index (χ2v) is 5.37. The van der Waals surface area contributed by atoms with Crippen molar-refractivity contribution in [2.24, 2.45) is 0 Å². The molecule has 0 aliphatic carbocycles. The number of nitrogens with zero attached hydrogens (tertiary/aromatic N) is 1. The zero-order valence-corrected chi connectivity index (χ0v) is 11.7. The number of thioether (sulfide) groups is 1. The Bertz CT molecular complexity index is 591. The minimum atomic E-state index is -0.885. The van der Waals surface area contributed by atoms with E-state index >= 15 is 0 Å². The largest absolute Gasteiger partial charge is 0.478 e. The van der Waals surface area contributed by atoms with E-state index in [2.05, 4.69) is 4.98 Å². The second kappa shape index (κ2) is 5.89. The van der Waals surface area contributed by atoms with Crippen LogP contribution in [-0.2, 0) is 5.75 Å². The topological polar surface area (TPSA) is 50.2 Å². The van der Waals surface area contributed by atoms with Crippen LogP contribution < -0.4 is 0 Å². The Hall–Kier alpha value is -1.81. The number of carbonyl (C=O) groups is 1. The molecule has 0 spiro atoms. The molecule has 0 saturated heterocycles. The quantitative estimate of drug-likeness (QED) is 0.863. The van der Waals surface area contributed by atoms with E-state index in [9.17, 15) is 4.79 Å². The molecule has 1 aromatic heterocycles. The summed E-state index contributed by atoms with van der Waals surface area (Å²) in [6, 6.07) is 11.1. The van der Waals surface area contributed by atoms with E-state index in [1.807, 2.05) is 38.1 Å². The summed E-state index contributed by atoms with van der Waals surface area (Å²) in [7, 11) is 0. The molecule has 3 nitrogen and oxygen atoms in total. The highest BCUT2D eigenvalue weighted by Gasteiger charge is 2.09. The van der Waals surface area contributed by atoms with E-state index in [0.29, 0.717) is 11.3 Å². The third-order valence-corrected chi connectivity index (χ3v) is 3.66. The molecule has 2 rings (SSSR count). The van der Waals surface area contributed by atoms with Crippen LogP contribution in [0.2, 0.25) is 0 Å². The van der Waals surface area contributed by atoms with Crippen molar-refractivity contribution in [1.29, 1.82) is 0 Å². The SMILES string of the molecule is Cc1cc(C)nc(SCc2ccccc2C(=O)O)c1. The van der Waals surface area contributed by atoms with Crippen molar-refractivity contribution in [2.75, 3.05) is 0 Å². The van der Waals surface area contributed by atoms with Crippen LogP contribution in [0, 0.1) is 13.8 Å². The molecular weight excluding hydrogens is 258 g/mol. The fourth-order valence-corrected chi connectivity index (χ4v) is 2.92. The lowest BCUT2D eigenvalue weighted by molar-refractivity contribution is 0.0696. The Balaban J connectivity index is 2.16. The first-order chi connectivity index (χ1) is 9.06. The molecule has 0 aliphatic rings. The maximum atomic E-state index is 11.1. The normalized spacial score (nSPS) is 10.4. The standard InChI is InChI=1S/C15H15NO2S/c1-10-7-11(2)16-14(8-10)19-9-12-5-3-4-6-13(12)15(17)18/h3-8H,9H2,1-2H3,(H,17,18). The van der Waals surface area contributed by atoms with Crippen LogP contribution >= 0.6 is 11.8 Å². The van der Waals surface area contributed by atoms with Crippen LogP contribution in [0.3, 0.4) is 0 Å². The van der Waals surface area contributed by atoms with Crippen molar-refractivity contribution in [3.8, 4) is 0 Å². The molecule has 1 heterocycles. The molecule has 0 aliphatic heterocycles. The molecular formula is C15H15NO2S. The molecule has 0 radical (unpaired) electrons. The van der Waals surface area contributed by atoms with E-state index in [1.165, 1.54) is 5.56 Å². The van der Waals surface area contributed by atoms with Crippen molar-refractivity contribution >= 4 is 17.7 Å². The predicted molar refractivity (Wildman–Crippen MR) is 76.7 cm³/mol. The molecule has 1 N–H and O–H groups in total. The summed E-state index contributed by atoms with van der Waals surface area (Å²) in [6.07, 6.45) is 0. The average molecular weight is 273 g/mol. The van der Waals surface area contributed by atoms with E-state index in [-0.39, 0.29) is 0 Å². The number of hydrogen-bond donors (Lipinski definition) is 1. The van der Waals surface area contributed by atoms with Gasteiger partial charge in [-0.3, -0.25) is 0 Å². The highest BCUT2D eigenvalue weighted by Crippen LogP contribution is 2.24. The Morgan fingerprint density at radius 3 is 2.68 bits per heavy atom. The Morgan fingerprint density at radius 1 is 1.26 bits per heavy atom. The number of rotatable bonds is 4. The molecule has 2 aromatic rings. The summed E-state index contributed by atoms with van der Waals surface area (Å²) < 4.78 is 0. The molecule has 0 fully saturated rings. The summed E-state index contributed by atoms with van der Waals surface area (Å²) >= 11 is 1.56. The molecule has 0 amide bonds. The third kappa shape index (κ3) is 3.58. The van der Waals surface area contributed by atoms with Crippen LogP contribution in [0.15, 0.2) is 41.4 Å². The smallest absolute Gasteiger partial charge is 0.335 e. The fraction of sp³-hybridized carbons (Fsp3) is 0.200. The van der Waals surface area contributed by atoms with Crippen LogP contribution in [-0.4, -0.2) is 16.1 Å². The van der Waals surface area contributed by atoms with E-state index in [4.69, 9.17) is 5.11 Å². The Kier molecular flexibility index (Phi) is 4.22. The van der Waals surface area contributed by atoms with Crippen molar-refractivity contribution in [3.63, 3.8) is 0 Å². The number of pyridine rings is 1. The van der Waals surface area contributed by atoms with Crippen LogP contribution in [0.5, 0.6) is 0 Å². The lowest BCUT2D eigenvalue weighted by atomic mass is 10.1. The maximum Gasteiger partial charge on any atom is 0.335 e. The highest BCUT2D eigenvalue weighted by molar-refractivity contribution is 7.98. The van der Waals surface area contributed by atoms with E-state index < -0.39 is 5.97 Å². The Labute approximate surface area is 116 Å². The van der Waals surface area contributed by atoms with Gasteiger partial charge in [0.05, 0.1) is 10.6 Å². The van der Waals surface area contributed by atoms with E-state index in [0.717, 1.165) is 16.3 Å². The van der Waals surface area contributed by atoms with Gasteiger partial charge < -0.3 is 5.11 Å². The van der Waals surface area contributed by atoms with E-state index in [1.54, 1.807) is 23.9 Å². The van der Waals surface area contributed by atoms with Gasteiger partial charge in [0.25, 0.3) is 0 Å². The monoisotopic (exact) mass is 273 g/mol. The number of carboxylic acid groups (broad SMARTS) is 1. The van der Waals surface area contributed by atoms with Gasteiger partial charge in [0.15, 0.2) is 0 Å². The van der Waals surface area contributed by atoms with Gasteiger partial charge in [-0.2, -0.15) is 0 Å². The summed E-state index contributed by atoms with van der Waals surface area (Å²) in [5.74, 6) is -0.275. The molecule has 0 bridgehead atoms. The second-order valence-electron chi connectivity index (χ2n) is 4.38. The summed E-state index contributed by atoms with van der Waals surface area (Å²) in [5.41, 5.74) is 3.33. The van der Waals surface area contributed by atoms with Gasteiger partial charge in [-0.25, -0.2) is 9.78 Å². The summed E-state index contributed by atoms with van der Waals surface area (Å²) in [4.78, 5) is 15.6. The van der Waals surface area contributed by atoms with Gasteiger partial charge in [0, 0.05) is 11.4 Å². The van der Waals surface area contributed by atoms with Crippen LogP contribution in [0.25, 0.3) is 0 Å². The maximum absolute atomic E-state index is 11.1. The molecule has 1 aromatic carbocycles. The lowest BCUT2D eigenvalue weighted by Gasteiger charge is -2.06.